The van der Waals surface area contributed by atoms with E-state index in [1.54, 1.807) is 7.11 Å². The molecule has 0 heterocycles. The van der Waals surface area contributed by atoms with Gasteiger partial charge in [-0.2, -0.15) is 0 Å². The van der Waals surface area contributed by atoms with Gasteiger partial charge in [-0.1, -0.05) is 19.1 Å². The Morgan fingerprint density at radius 2 is 2.20 bits per heavy atom. The highest BCUT2D eigenvalue weighted by Crippen LogP contribution is 2.26. The first-order chi connectivity index (χ1) is 7.28. The van der Waals surface area contributed by atoms with Gasteiger partial charge in [0.25, 0.3) is 0 Å². The van der Waals surface area contributed by atoms with Gasteiger partial charge in [-0.05, 0) is 36.5 Å². The third-order valence-electron chi connectivity index (χ3n) is 3.10. The molecule has 0 spiro atoms. The summed E-state index contributed by atoms with van der Waals surface area (Å²) in [6, 6.07) is 8.98. The van der Waals surface area contributed by atoms with Crippen molar-refractivity contribution < 1.29 is 4.74 Å². The first kappa shape index (κ1) is 10.5. The van der Waals surface area contributed by atoms with Crippen molar-refractivity contribution >= 4 is 0 Å². The quantitative estimate of drug-likeness (QED) is 0.815. The van der Waals surface area contributed by atoms with Crippen molar-refractivity contribution in [3.05, 3.63) is 29.8 Å². The SMILES string of the molecule is COc1cccc(CNC2CC(C)C2)c1. The Balaban J connectivity index is 1.82. The van der Waals surface area contributed by atoms with E-state index in [9.17, 15) is 0 Å². The van der Waals surface area contributed by atoms with Gasteiger partial charge in [-0.15, -0.1) is 0 Å². The van der Waals surface area contributed by atoms with Crippen molar-refractivity contribution in [1.29, 1.82) is 0 Å². The standard InChI is InChI=1S/C13H19NO/c1-10-6-12(7-10)14-9-11-4-3-5-13(8-11)15-2/h3-5,8,10,12,14H,6-7,9H2,1-2H3. The van der Waals surface area contributed by atoms with Gasteiger partial charge in [0, 0.05) is 12.6 Å². The van der Waals surface area contributed by atoms with Gasteiger partial charge in [0.05, 0.1) is 7.11 Å². The summed E-state index contributed by atoms with van der Waals surface area (Å²) in [6.45, 7) is 3.26. The minimum atomic E-state index is 0.728. The van der Waals surface area contributed by atoms with Gasteiger partial charge in [-0.3, -0.25) is 0 Å². The molecule has 0 unspecified atom stereocenters. The third kappa shape index (κ3) is 2.72. The summed E-state index contributed by atoms with van der Waals surface area (Å²) in [6.07, 6.45) is 2.65. The fourth-order valence-electron chi connectivity index (χ4n) is 2.11. The van der Waals surface area contributed by atoms with Gasteiger partial charge in [-0.25, -0.2) is 0 Å². The van der Waals surface area contributed by atoms with E-state index in [2.05, 4.69) is 24.4 Å². The predicted octanol–water partition coefficient (Wildman–Crippen LogP) is 2.58. The Bertz CT molecular complexity index is 318. The van der Waals surface area contributed by atoms with Crippen LogP contribution in [0.25, 0.3) is 0 Å². The molecule has 2 heteroatoms. The number of benzene rings is 1. The van der Waals surface area contributed by atoms with E-state index in [-0.39, 0.29) is 0 Å². The van der Waals surface area contributed by atoms with E-state index in [4.69, 9.17) is 4.74 Å². The van der Waals surface area contributed by atoms with E-state index in [0.717, 1.165) is 24.3 Å². The van der Waals surface area contributed by atoms with Crippen molar-refractivity contribution in [3.8, 4) is 5.75 Å². The molecule has 0 amide bonds. The van der Waals surface area contributed by atoms with Crippen LogP contribution in [0.15, 0.2) is 24.3 Å². The fraction of sp³-hybridized carbons (Fsp3) is 0.538. The van der Waals surface area contributed by atoms with Gasteiger partial charge >= 0.3 is 0 Å². The Kier molecular flexibility index (Phi) is 3.27. The molecular formula is C13H19NO. The molecule has 0 bridgehead atoms. The summed E-state index contributed by atoms with van der Waals surface area (Å²) < 4.78 is 5.19. The maximum absolute atomic E-state index is 5.19. The van der Waals surface area contributed by atoms with E-state index in [1.807, 2.05) is 12.1 Å². The highest BCUT2D eigenvalue weighted by molar-refractivity contribution is 5.28. The normalized spacial score (nSPS) is 24.7. The summed E-state index contributed by atoms with van der Waals surface area (Å²) >= 11 is 0. The second-order valence-corrected chi connectivity index (χ2v) is 4.51. The van der Waals surface area contributed by atoms with Crippen LogP contribution in [0.1, 0.15) is 25.3 Å². The van der Waals surface area contributed by atoms with E-state index in [0.29, 0.717) is 0 Å². The minimum absolute atomic E-state index is 0.728. The molecule has 1 aromatic rings. The van der Waals surface area contributed by atoms with Crippen molar-refractivity contribution in [3.63, 3.8) is 0 Å². The maximum Gasteiger partial charge on any atom is 0.119 e. The van der Waals surface area contributed by atoms with Crippen molar-refractivity contribution in [2.75, 3.05) is 7.11 Å². The van der Waals surface area contributed by atoms with Crippen molar-refractivity contribution in [2.24, 2.45) is 5.92 Å². The van der Waals surface area contributed by atoms with Crippen LogP contribution in [0.3, 0.4) is 0 Å². The van der Waals surface area contributed by atoms with E-state index >= 15 is 0 Å². The maximum atomic E-state index is 5.19. The summed E-state index contributed by atoms with van der Waals surface area (Å²) in [5.74, 6) is 1.85. The number of methoxy groups -OCH3 is 1. The van der Waals surface area contributed by atoms with E-state index < -0.39 is 0 Å². The lowest BCUT2D eigenvalue weighted by Crippen LogP contribution is -2.39. The van der Waals surface area contributed by atoms with Crippen molar-refractivity contribution in [1.82, 2.24) is 5.32 Å². The molecule has 1 saturated carbocycles. The lowest BCUT2D eigenvalue weighted by molar-refractivity contribution is 0.240. The molecule has 2 rings (SSSR count). The molecule has 0 aliphatic heterocycles. The van der Waals surface area contributed by atoms with Crippen LogP contribution in [0, 0.1) is 5.92 Å². The smallest absolute Gasteiger partial charge is 0.119 e. The lowest BCUT2D eigenvalue weighted by atomic mass is 9.82. The summed E-state index contributed by atoms with van der Waals surface area (Å²) in [5, 5.41) is 3.56. The number of rotatable bonds is 4. The van der Waals surface area contributed by atoms with E-state index in [1.165, 1.54) is 18.4 Å². The average Bonchev–Trinajstić information content (AvgIpc) is 2.23. The molecule has 15 heavy (non-hydrogen) atoms. The molecular weight excluding hydrogens is 186 g/mol. The fourth-order valence-corrected chi connectivity index (χ4v) is 2.11. The summed E-state index contributed by atoms with van der Waals surface area (Å²) in [5.41, 5.74) is 1.30. The second kappa shape index (κ2) is 4.67. The number of nitrogens with one attached hydrogen (secondary N) is 1. The lowest BCUT2D eigenvalue weighted by Gasteiger charge is -2.33. The largest absolute Gasteiger partial charge is 0.497 e. The Hall–Kier alpha value is -1.02. The van der Waals surface area contributed by atoms with Gasteiger partial charge in [0.2, 0.25) is 0 Å². The summed E-state index contributed by atoms with van der Waals surface area (Å²) in [7, 11) is 1.71. The van der Waals surface area contributed by atoms with Gasteiger partial charge in [0.15, 0.2) is 0 Å². The first-order valence-electron chi connectivity index (χ1n) is 5.64. The highest BCUT2D eigenvalue weighted by atomic mass is 16.5. The minimum Gasteiger partial charge on any atom is -0.497 e. The number of hydrogen-bond donors (Lipinski definition) is 1. The highest BCUT2D eigenvalue weighted by Gasteiger charge is 2.24. The molecule has 82 valence electrons. The first-order valence-corrected chi connectivity index (χ1v) is 5.64. The Morgan fingerprint density at radius 1 is 1.40 bits per heavy atom. The van der Waals surface area contributed by atoms with Gasteiger partial charge < -0.3 is 10.1 Å². The Labute approximate surface area is 91.6 Å². The number of ether oxygens (including phenoxy) is 1. The van der Waals surface area contributed by atoms with Gasteiger partial charge in [0.1, 0.15) is 5.75 Å². The van der Waals surface area contributed by atoms with Crippen LogP contribution in [0.2, 0.25) is 0 Å². The molecule has 0 radical (unpaired) electrons. The molecule has 0 atom stereocenters. The molecule has 1 aliphatic carbocycles. The molecule has 1 fully saturated rings. The zero-order valence-corrected chi connectivity index (χ0v) is 9.49. The topological polar surface area (TPSA) is 21.3 Å². The van der Waals surface area contributed by atoms with Crippen LogP contribution >= 0.6 is 0 Å². The third-order valence-corrected chi connectivity index (χ3v) is 3.10. The van der Waals surface area contributed by atoms with Crippen LogP contribution in [0.4, 0.5) is 0 Å². The van der Waals surface area contributed by atoms with Crippen LogP contribution in [0.5, 0.6) is 5.75 Å². The molecule has 2 nitrogen and oxygen atoms in total. The number of hydrogen-bond acceptors (Lipinski definition) is 2. The van der Waals surface area contributed by atoms with Crippen molar-refractivity contribution in [2.45, 2.75) is 32.4 Å². The molecule has 0 saturated heterocycles. The second-order valence-electron chi connectivity index (χ2n) is 4.51. The predicted molar refractivity (Wildman–Crippen MR) is 62.0 cm³/mol. The Morgan fingerprint density at radius 3 is 2.87 bits per heavy atom. The summed E-state index contributed by atoms with van der Waals surface area (Å²) in [4.78, 5) is 0. The molecule has 1 N–H and O–H groups in total. The zero-order valence-electron chi connectivity index (χ0n) is 9.49. The molecule has 1 aliphatic rings. The van der Waals surface area contributed by atoms with Crippen LogP contribution in [-0.2, 0) is 6.54 Å². The molecule has 0 aromatic heterocycles. The average molecular weight is 205 g/mol. The monoisotopic (exact) mass is 205 g/mol. The zero-order chi connectivity index (χ0) is 10.7. The van der Waals surface area contributed by atoms with Crippen LogP contribution in [-0.4, -0.2) is 13.2 Å². The molecule has 1 aromatic carbocycles. The van der Waals surface area contributed by atoms with Crippen LogP contribution < -0.4 is 10.1 Å².